The van der Waals surface area contributed by atoms with Gasteiger partial charge >= 0.3 is 6.03 Å². The predicted molar refractivity (Wildman–Crippen MR) is 214 cm³/mol. The largest absolute Gasteiger partial charge is 0.394 e. The van der Waals surface area contributed by atoms with E-state index in [0.29, 0.717) is 0 Å². The van der Waals surface area contributed by atoms with Gasteiger partial charge in [-0.3, -0.25) is 0 Å². The van der Waals surface area contributed by atoms with Crippen LogP contribution >= 0.6 is 0 Å². The second-order valence-corrected chi connectivity index (χ2v) is 15.0. The number of aliphatic hydroxyl groups is 9. The Morgan fingerprint density at radius 3 is 1.95 bits per heavy atom. The van der Waals surface area contributed by atoms with Crippen LogP contribution in [0.15, 0.2) is 85.1 Å². The Hall–Kier alpha value is -3.07. The summed E-state index contributed by atoms with van der Waals surface area (Å²) >= 11 is 0. The van der Waals surface area contributed by atoms with Gasteiger partial charge < -0.3 is 76.5 Å². The van der Waals surface area contributed by atoms with Crippen molar-refractivity contribution in [2.24, 2.45) is 17.6 Å². The molecule has 16 nitrogen and oxygen atoms in total. The molecule has 16 atom stereocenters. The first-order chi connectivity index (χ1) is 26.9. The van der Waals surface area contributed by atoms with Gasteiger partial charge in [-0.1, -0.05) is 98.9 Å². The van der Waals surface area contributed by atoms with E-state index in [1.165, 1.54) is 6.92 Å². The molecule has 2 aliphatic rings. The van der Waals surface area contributed by atoms with E-state index in [-0.39, 0.29) is 37.6 Å². The summed E-state index contributed by atoms with van der Waals surface area (Å²) in [6, 6.07) is -2.99. The maximum atomic E-state index is 12.7. The lowest BCUT2D eigenvalue weighted by atomic mass is 9.88. The molecule has 13 N–H and O–H groups in total. The fraction of sp³-hybridized carbons (Fsp3) is 0.634. The molecule has 16 heteroatoms. The van der Waals surface area contributed by atoms with E-state index < -0.39 is 97.8 Å². The van der Waals surface area contributed by atoms with Gasteiger partial charge in [0.15, 0.2) is 12.1 Å². The van der Waals surface area contributed by atoms with E-state index in [9.17, 15) is 45.6 Å². The maximum absolute atomic E-state index is 12.7. The minimum atomic E-state index is -1.97. The number of hydrogen-bond donors (Lipinski definition) is 12. The fourth-order valence-corrected chi connectivity index (χ4v) is 6.27. The zero-order valence-electron chi connectivity index (χ0n) is 33.5. The predicted octanol–water partition coefficient (Wildman–Crippen LogP) is 0.0932. The van der Waals surface area contributed by atoms with Gasteiger partial charge in [-0.05, 0) is 20.8 Å². The SMILES string of the molecule is C[C@H]([C@H](O)[C@@H](C)/C=C/C=C/C=C/C=C/C=C/C=C/C=C/[C@@H](C[C@@H]1O[C@](O)(C[C@H](C)O)C[C@H](O)[C@H]1NC(=O)NC[C@H](O)CO)O[C@@H]1O[C@H](C)[C@@H](O)[C@H](N)[C@@H]1O)[C@H](C)O. The highest BCUT2D eigenvalue weighted by molar-refractivity contribution is 5.74. The molecule has 0 spiro atoms. The van der Waals surface area contributed by atoms with Crippen LogP contribution in [0.2, 0.25) is 0 Å². The van der Waals surface area contributed by atoms with Crippen LogP contribution in [0.4, 0.5) is 4.79 Å². The lowest BCUT2D eigenvalue weighted by molar-refractivity contribution is -0.302. The van der Waals surface area contributed by atoms with E-state index in [1.807, 2.05) is 62.5 Å². The van der Waals surface area contributed by atoms with Gasteiger partial charge in [0.25, 0.3) is 0 Å². The van der Waals surface area contributed by atoms with Gasteiger partial charge in [0, 0.05) is 37.6 Å². The van der Waals surface area contributed by atoms with Crippen LogP contribution < -0.4 is 16.4 Å². The monoisotopic (exact) mass is 809 g/mol. The van der Waals surface area contributed by atoms with Crippen LogP contribution in [0, 0.1) is 11.8 Å². The fourth-order valence-electron chi connectivity index (χ4n) is 6.27. The van der Waals surface area contributed by atoms with Gasteiger partial charge in [0.1, 0.15) is 6.10 Å². The Morgan fingerprint density at radius 2 is 1.42 bits per heavy atom. The van der Waals surface area contributed by atoms with E-state index in [4.69, 9.17) is 25.1 Å². The topological polar surface area (TPSA) is 277 Å². The molecular weight excluding hydrogens is 742 g/mol. The highest BCUT2D eigenvalue weighted by Gasteiger charge is 2.48. The second-order valence-electron chi connectivity index (χ2n) is 15.0. The first-order valence-electron chi connectivity index (χ1n) is 19.5. The number of nitrogens with two attached hydrogens (primary N) is 1. The van der Waals surface area contributed by atoms with Crippen LogP contribution in [0.5, 0.6) is 0 Å². The van der Waals surface area contributed by atoms with E-state index in [1.54, 1.807) is 50.3 Å². The summed E-state index contributed by atoms with van der Waals surface area (Å²) in [5.41, 5.74) is 6.03. The van der Waals surface area contributed by atoms with Crippen molar-refractivity contribution in [1.29, 1.82) is 0 Å². The number of ether oxygens (including phenoxy) is 3. The molecule has 0 radical (unpaired) electrons. The van der Waals surface area contributed by atoms with Crippen molar-refractivity contribution in [2.75, 3.05) is 13.2 Å². The number of aliphatic hydroxyl groups excluding tert-OH is 8. The molecule has 0 aromatic rings. The van der Waals surface area contributed by atoms with E-state index >= 15 is 0 Å². The zero-order chi connectivity index (χ0) is 42.7. The molecule has 0 saturated carbocycles. The van der Waals surface area contributed by atoms with Gasteiger partial charge in [-0.2, -0.15) is 0 Å². The molecular formula is C41H67N3O13. The molecule has 2 heterocycles. The number of allylic oxidation sites excluding steroid dienone is 12. The van der Waals surface area contributed by atoms with E-state index in [0.717, 1.165) is 0 Å². The number of hydrogen-bond acceptors (Lipinski definition) is 14. The van der Waals surface area contributed by atoms with Crippen molar-refractivity contribution >= 4 is 6.03 Å². The molecule has 0 bridgehead atoms. The minimum Gasteiger partial charge on any atom is -0.394 e. The zero-order valence-corrected chi connectivity index (χ0v) is 33.5. The summed E-state index contributed by atoms with van der Waals surface area (Å²) in [6.45, 7) is 7.53. The lowest BCUT2D eigenvalue weighted by Gasteiger charge is -2.46. The minimum absolute atomic E-state index is 0.107. The lowest BCUT2D eigenvalue weighted by Crippen LogP contribution is -2.64. The molecule has 0 aromatic heterocycles. The third kappa shape index (κ3) is 17.8. The van der Waals surface area contributed by atoms with Crippen molar-refractivity contribution in [3.05, 3.63) is 85.1 Å². The van der Waals surface area contributed by atoms with E-state index in [2.05, 4.69) is 10.6 Å². The number of carbonyl (C=O) groups is 1. The van der Waals surface area contributed by atoms with Crippen molar-refractivity contribution in [2.45, 2.75) is 139 Å². The molecule has 2 aliphatic heterocycles. The summed E-state index contributed by atoms with van der Waals surface area (Å²) in [4.78, 5) is 12.7. The average Bonchev–Trinajstić information content (AvgIpc) is 3.15. The van der Waals surface area contributed by atoms with Gasteiger partial charge in [-0.15, -0.1) is 0 Å². The number of amides is 2. The standard InChI is InChI=1S/C41H67N3O13/c1-25(36(50)27(3)28(4)47)18-16-14-12-10-8-6-7-9-11-13-15-17-19-31(56-39-38(52)34(42)37(51)29(5)55-39)20-33-35(44-40(53)43-23-30(48)24-45)32(49)22-41(54,57-33)21-26(2)46/h6-19,25-39,45-52,54H,20-24,42H2,1-5H3,(H2,43,44,53)/b7-6+,10-8+,11-9+,14-12+,15-13+,18-16+,19-17+/t25-,26-,27-,28-,29+,30-,31-,32-,33-,34-,35+,36+,37+,38-,39-,41+/m0/s1. The number of urea groups is 1. The van der Waals surface area contributed by atoms with Crippen LogP contribution in [0.3, 0.4) is 0 Å². The highest BCUT2D eigenvalue weighted by atomic mass is 16.7. The molecule has 57 heavy (non-hydrogen) atoms. The normalized spacial score (nSPS) is 32.8. The third-order valence-corrected chi connectivity index (χ3v) is 9.81. The first kappa shape index (κ1) is 50.1. The first-order valence-corrected chi connectivity index (χ1v) is 19.5. The molecule has 0 aromatic carbocycles. The third-order valence-electron chi connectivity index (χ3n) is 9.81. The summed E-state index contributed by atoms with van der Waals surface area (Å²) in [5.74, 6) is -2.31. The van der Waals surface area contributed by atoms with Crippen molar-refractivity contribution in [3.63, 3.8) is 0 Å². The Balaban J connectivity index is 2.18. The Bertz CT molecular complexity index is 1390. The molecule has 0 unspecified atom stereocenters. The quantitative estimate of drug-likeness (QED) is 0.0686. The molecule has 2 saturated heterocycles. The van der Waals surface area contributed by atoms with Gasteiger partial charge in [0.05, 0.1) is 73.6 Å². The summed E-state index contributed by atoms with van der Waals surface area (Å²) in [7, 11) is 0. The maximum Gasteiger partial charge on any atom is 0.315 e. The van der Waals surface area contributed by atoms with Crippen molar-refractivity contribution in [1.82, 2.24) is 10.6 Å². The molecule has 2 amide bonds. The van der Waals surface area contributed by atoms with Crippen LogP contribution in [0.25, 0.3) is 0 Å². The van der Waals surface area contributed by atoms with Gasteiger partial charge in [0.2, 0.25) is 0 Å². The Morgan fingerprint density at radius 1 is 0.877 bits per heavy atom. The smallest absolute Gasteiger partial charge is 0.315 e. The van der Waals surface area contributed by atoms with Crippen LogP contribution in [-0.4, -0.2) is 150 Å². The molecule has 2 fully saturated rings. The molecule has 2 rings (SSSR count). The molecule has 0 aliphatic carbocycles. The van der Waals surface area contributed by atoms with Crippen molar-refractivity contribution < 1.29 is 65.0 Å². The summed E-state index contributed by atoms with van der Waals surface area (Å²) in [5, 5.41) is 97.2. The molecule has 324 valence electrons. The van der Waals surface area contributed by atoms with Crippen LogP contribution in [-0.2, 0) is 14.2 Å². The summed E-state index contributed by atoms with van der Waals surface area (Å²) in [6.07, 6.45) is 12.8. The van der Waals surface area contributed by atoms with Gasteiger partial charge in [-0.25, -0.2) is 4.79 Å². The summed E-state index contributed by atoms with van der Waals surface area (Å²) < 4.78 is 17.9. The van der Waals surface area contributed by atoms with Crippen LogP contribution in [0.1, 0.15) is 53.9 Å². The Kier molecular flexibility index (Phi) is 22.3. The average molecular weight is 810 g/mol. The Labute approximate surface area is 336 Å². The number of nitrogens with one attached hydrogen (secondary N) is 2. The number of rotatable bonds is 21. The highest BCUT2D eigenvalue weighted by Crippen LogP contribution is 2.34. The number of carbonyl (C=O) groups excluding carboxylic acids is 1. The second kappa shape index (κ2) is 25.4. The van der Waals surface area contributed by atoms with Crippen molar-refractivity contribution in [3.8, 4) is 0 Å².